The van der Waals surface area contributed by atoms with Crippen molar-refractivity contribution in [2.45, 2.75) is 45.8 Å². The predicted molar refractivity (Wildman–Crippen MR) is 87.6 cm³/mol. The first-order chi connectivity index (χ1) is 10.9. The molecule has 0 saturated carbocycles. The lowest BCUT2D eigenvalue weighted by Crippen LogP contribution is -2.53. The number of aromatic amines is 1. The van der Waals surface area contributed by atoms with Gasteiger partial charge in [0.2, 0.25) is 0 Å². The third kappa shape index (κ3) is 3.91. The minimum Gasteiger partial charge on any atom is -0.396 e. The minimum atomic E-state index is -0.589. The zero-order valence-corrected chi connectivity index (χ0v) is 13.9. The first kappa shape index (κ1) is 17.9. The van der Waals surface area contributed by atoms with E-state index in [1.165, 1.54) is 10.6 Å². The predicted octanol–water partition coefficient (Wildman–Crippen LogP) is -0.310. The fraction of sp³-hybridized carbons (Fsp3) is 0.750. The molecule has 1 aliphatic heterocycles. The number of nitrogens with one attached hydrogen (secondary N) is 1. The summed E-state index contributed by atoms with van der Waals surface area (Å²) in [4.78, 5) is 28.4. The Morgan fingerprint density at radius 3 is 2.70 bits per heavy atom. The summed E-state index contributed by atoms with van der Waals surface area (Å²) in [5.41, 5.74) is -0.566. The van der Waals surface area contributed by atoms with Crippen molar-refractivity contribution < 1.29 is 10.2 Å². The Kier molecular flexibility index (Phi) is 5.78. The van der Waals surface area contributed by atoms with Gasteiger partial charge in [0.15, 0.2) is 0 Å². The number of hydrogen-bond acceptors (Lipinski definition) is 5. The van der Waals surface area contributed by atoms with Gasteiger partial charge in [-0.3, -0.25) is 14.3 Å². The van der Waals surface area contributed by atoms with Crippen LogP contribution in [-0.4, -0.2) is 57.0 Å². The van der Waals surface area contributed by atoms with Crippen molar-refractivity contribution in [1.82, 2.24) is 14.5 Å². The third-order valence-corrected chi connectivity index (χ3v) is 4.92. The number of H-pyrrole nitrogens is 1. The maximum absolute atomic E-state index is 11.9. The van der Waals surface area contributed by atoms with Crippen molar-refractivity contribution in [3.05, 3.63) is 32.6 Å². The zero-order chi connectivity index (χ0) is 17.0. The first-order valence-corrected chi connectivity index (χ1v) is 8.24. The fourth-order valence-electron chi connectivity index (χ4n) is 3.42. The standard InChI is InChI=1S/C16H27N3O4/c1-3-4-16(11-20)5-6-18(10-13(16)21)7-8-19-14(22)9-12(2)17-15(19)23/h9,13,20-21H,3-8,10-11H2,1-2H3,(H,17,23)/t13-,16-/m1/s1. The Bertz CT molecular complexity index is 608. The molecule has 23 heavy (non-hydrogen) atoms. The molecule has 0 amide bonds. The molecule has 0 unspecified atom stereocenters. The maximum atomic E-state index is 11.9. The fourth-order valence-corrected chi connectivity index (χ4v) is 3.42. The normalized spacial score (nSPS) is 25.7. The number of aliphatic hydroxyl groups is 2. The van der Waals surface area contributed by atoms with E-state index in [1.54, 1.807) is 6.92 Å². The molecule has 7 heteroatoms. The van der Waals surface area contributed by atoms with Crippen LogP contribution in [0.15, 0.2) is 15.7 Å². The second-order valence-electron chi connectivity index (χ2n) is 6.58. The number of hydrogen-bond donors (Lipinski definition) is 3. The second-order valence-corrected chi connectivity index (χ2v) is 6.58. The van der Waals surface area contributed by atoms with E-state index < -0.39 is 17.2 Å². The van der Waals surface area contributed by atoms with Crippen LogP contribution in [-0.2, 0) is 6.54 Å². The monoisotopic (exact) mass is 325 g/mol. The summed E-state index contributed by atoms with van der Waals surface area (Å²) >= 11 is 0. The SMILES string of the molecule is CCC[C@]1(CO)CCN(CCn2c(=O)cc(C)[nH]c2=O)C[C@H]1O. The average Bonchev–Trinajstić information content (AvgIpc) is 2.49. The Morgan fingerprint density at radius 2 is 2.13 bits per heavy atom. The molecule has 130 valence electrons. The lowest BCUT2D eigenvalue weighted by atomic mass is 9.73. The summed E-state index contributed by atoms with van der Waals surface area (Å²) in [6.45, 7) is 5.74. The molecular formula is C16H27N3O4. The lowest BCUT2D eigenvalue weighted by molar-refractivity contribution is -0.0789. The smallest absolute Gasteiger partial charge is 0.328 e. The van der Waals surface area contributed by atoms with Crippen molar-refractivity contribution in [2.75, 3.05) is 26.2 Å². The van der Waals surface area contributed by atoms with Crippen LogP contribution in [0, 0.1) is 12.3 Å². The van der Waals surface area contributed by atoms with Crippen LogP contribution in [0.3, 0.4) is 0 Å². The molecule has 0 spiro atoms. The Hall–Kier alpha value is -1.44. The van der Waals surface area contributed by atoms with Gasteiger partial charge in [0.25, 0.3) is 5.56 Å². The van der Waals surface area contributed by atoms with Gasteiger partial charge >= 0.3 is 5.69 Å². The van der Waals surface area contributed by atoms with E-state index in [9.17, 15) is 19.8 Å². The summed E-state index contributed by atoms with van der Waals surface area (Å²) in [5.74, 6) is 0. The van der Waals surface area contributed by atoms with Gasteiger partial charge in [-0.1, -0.05) is 13.3 Å². The molecule has 0 radical (unpaired) electrons. The number of aromatic nitrogens is 2. The van der Waals surface area contributed by atoms with E-state index in [0.29, 0.717) is 25.3 Å². The van der Waals surface area contributed by atoms with Crippen molar-refractivity contribution in [3.8, 4) is 0 Å². The van der Waals surface area contributed by atoms with Gasteiger partial charge in [0, 0.05) is 36.8 Å². The molecular weight excluding hydrogens is 298 g/mol. The van der Waals surface area contributed by atoms with Gasteiger partial charge in [-0.05, 0) is 26.3 Å². The maximum Gasteiger partial charge on any atom is 0.328 e. The van der Waals surface area contributed by atoms with Crippen LogP contribution in [0.2, 0.25) is 0 Å². The van der Waals surface area contributed by atoms with Crippen molar-refractivity contribution >= 4 is 0 Å². The van der Waals surface area contributed by atoms with Gasteiger partial charge in [0.05, 0.1) is 12.7 Å². The second kappa shape index (κ2) is 7.42. The number of nitrogens with zero attached hydrogens (tertiary/aromatic N) is 2. The van der Waals surface area contributed by atoms with Crippen molar-refractivity contribution in [1.29, 1.82) is 0 Å². The summed E-state index contributed by atoms with van der Waals surface area (Å²) < 4.78 is 1.18. The van der Waals surface area contributed by atoms with E-state index in [1.807, 2.05) is 11.8 Å². The largest absolute Gasteiger partial charge is 0.396 e. The van der Waals surface area contributed by atoms with E-state index >= 15 is 0 Å². The van der Waals surface area contributed by atoms with Gasteiger partial charge in [-0.25, -0.2) is 4.79 Å². The number of aliphatic hydroxyl groups excluding tert-OH is 2. The minimum absolute atomic E-state index is 0.00701. The van der Waals surface area contributed by atoms with Crippen LogP contribution >= 0.6 is 0 Å². The molecule has 2 atom stereocenters. The number of aryl methyl sites for hydroxylation is 1. The molecule has 2 rings (SSSR count). The molecule has 0 aromatic carbocycles. The van der Waals surface area contributed by atoms with E-state index in [-0.39, 0.29) is 12.2 Å². The van der Waals surface area contributed by atoms with Crippen molar-refractivity contribution in [2.24, 2.45) is 5.41 Å². The first-order valence-electron chi connectivity index (χ1n) is 8.24. The number of β-amino-alcohol motifs (C(OH)–C–C–N with tert-alkyl or cyclic N) is 1. The molecule has 1 aliphatic rings. The number of rotatable bonds is 6. The summed E-state index contributed by atoms with van der Waals surface area (Å²) in [6, 6.07) is 1.41. The summed E-state index contributed by atoms with van der Waals surface area (Å²) in [7, 11) is 0. The Morgan fingerprint density at radius 1 is 1.39 bits per heavy atom. The van der Waals surface area contributed by atoms with Gasteiger partial charge in [-0.15, -0.1) is 0 Å². The molecule has 3 N–H and O–H groups in total. The average molecular weight is 325 g/mol. The van der Waals surface area contributed by atoms with Gasteiger partial charge in [-0.2, -0.15) is 0 Å². The number of likely N-dealkylation sites (tertiary alicyclic amines) is 1. The van der Waals surface area contributed by atoms with Crippen LogP contribution in [0.5, 0.6) is 0 Å². The molecule has 0 aliphatic carbocycles. The third-order valence-electron chi connectivity index (χ3n) is 4.92. The van der Waals surface area contributed by atoms with Crippen molar-refractivity contribution in [3.63, 3.8) is 0 Å². The van der Waals surface area contributed by atoms with Gasteiger partial charge < -0.3 is 15.2 Å². The Balaban J connectivity index is 1.99. The Labute approximate surface area is 135 Å². The number of piperidine rings is 1. The molecule has 1 aromatic rings. The van der Waals surface area contributed by atoms with E-state index in [0.717, 1.165) is 25.8 Å². The molecule has 0 bridgehead atoms. The quantitative estimate of drug-likeness (QED) is 0.666. The van der Waals surface area contributed by atoms with Gasteiger partial charge in [0.1, 0.15) is 0 Å². The van der Waals surface area contributed by atoms with Crippen LogP contribution in [0.1, 0.15) is 31.9 Å². The highest BCUT2D eigenvalue weighted by atomic mass is 16.3. The topological polar surface area (TPSA) is 98.6 Å². The summed E-state index contributed by atoms with van der Waals surface area (Å²) in [5, 5.41) is 20.1. The molecule has 1 fully saturated rings. The molecule has 1 aromatic heterocycles. The lowest BCUT2D eigenvalue weighted by Gasteiger charge is -2.44. The molecule has 1 saturated heterocycles. The highest BCUT2D eigenvalue weighted by Crippen LogP contribution is 2.35. The zero-order valence-electron chi connectivity index (χ0n) is 13.9. The van der Waals surface area contributed by atoms with Crippen LogP contribution in [0.25, 0.3) is 0 Å². The summed E-state index contributed by atoms with van der Waals surface area (Å²) in [6.07, 6.45) is 1.85. The van der Waals surface area contributed by atoms with Crippen LogP contribution in [0.4, 0.5) is 0 Å². The highest BCUT2D eigenvalue weighted by Gasteiger charge is 2.40. The molecule has 2 heterocycles. The molecule has 7 nitrogen and oxygen atoms in total. The van der Waals surface area contributed by atoms with Crippen LogP contribution < -0.4 is 11.2 Å². The van der Waals surface area contributed by atoms with E-state index in [4.69, 9.17) is 0 Å². The van der Waals surface area contributed by atoms with E-state index in [2.05, 4.69) is 4.98 Å². The highest BCUT2D eigenvalue weighted by molar-refractivity contribution is 4.97.